The number of ether oxygens (including phenoxy) is 1. The Balaban J connectivity index is 1.68. The molecule has 1 fully saturated rings. The van der Waals surface area contributed by atoms with E-state index in [4.69, 9.17) is 4.74 Å². The molecular weight excluding hydrogens is 462 g/mol. The first-order valence-electron chi connectivity index (χ1n) is 11.0. The smallest absolute Gasteiger partial charge is 0.354 e. The van der Waals surface area contributed by atoms with Gasteiger partial charge in [-0.15, -0.1) is 0 Å². The number of carbonyl (C=O) groups excluding carboxylic acids is 1. The lowest BCUT2D eigenvalue weighted by molar-refractivity contribution is -0.143. The largest absolute Gasteiger partial charge is 0.416 e. The highest BCUT2D eigenvalue weighted by atomic mass is 19.4. The van der Waals surface area contributed by atoms with Crippen molar-refractivity contribution in [3.05, 3.63) is 70.8 Å². The average Bonchev–Trinajstić information content (AvgIpc) is 2.80. The number of rotatable bonds is 9. The molecule has 3 rings (SSSR count). The third-order valence-corrected chi connectivity index (χ3v) is 5.83. The molecule has 0 saturated carbocycles. The Labute approximate surface area is 193 Å². The van der Waals surface area contributed by atoms with Crippen molar-refractivity contribution >= 4 is 6.41 Å². The van der Waals surface area contributed by atoms with Crippen LogP contribution < -0.4 is 5.32 Å². The van der Waals surface area contributed by atoms with Gasteiger partial charge in [0.25, 0.3) is 0 Å². The van der Waals surface area contributed by atoms with E-state index >= 15 is 0 Å². The normalized spacial score (nSPS) is 18.5. The number of hydrogen-bond acceptors (Lipinski definition) is 3. The van der Waals surface area contributed by atoms with Crippen LogP contribution in [0.15, 0.2) is 48.5 Å². The highest BCUT2D eigenvalue weighted by Crippen LogP contribution is 2.36. The van der Waals surface area contributed by atoms with Crippen molar-refractivity contribution in [3.8, 4) is 0 Å². The number of nitrogens with one attached hydrogen (secondary N) is 1. The van der Waals surface area contributed by atoms with Crippen LogP contribution in [-0.2, 0) is 28.5 Å². The molecule has 2 atom stereocenters. The van der Waals surface area contributed by atoms with E-state index in [1.165, 1.54) is 5.56 Å². The molecule has 1 aliphatic rings. The number of carbonyl (C=O) groups is 1. The van der Waals surface area contributed by atoms with Gasteiger partial charge in [0.15, 0.2) is 0 Å². The highest BCUT2D eigenvalue weighted by Gasteiger charge is 2.37. The van der Waals surface area contributed by atoms with Gasteiger partial charge in [-0.05, 0) is 48.7 Å². The Morgan fingerprint density at radius 2 is 1.65 bits per heavy atom. The maximum Gasteiger partial charge on any atom is 0.416 e. The topological polar surface area (TPSA) is 41.6 Å². The van der Waals surface area contributed by atoms with E-state index in [1.807, 2.05) is 30.3 Å². The van der Waals surface area contributed by atoms with Crippen molar-refractivity contribution in [2.24, 2.45) is 0 Å². The summed E-state index contributed by atoms with van der Waals surface area (Å²) in [6.45, 7) is 0.873. The molecule has 10 heteroatoms. The number of hydrogen-bond donors (Lipinski definition) is 1. The molecule has 186 valence electrons. The first kappa shape index (κ1) is 26.0. The van der Waals surface area contributed by atoms with E-state index in [0.717, 1.165) is 25.8 Å². The lowest BCUT2D eigenvalue weighted by atomic mass is 9.95. The number of halogens is 6. The van der Waals surface area contributed by atoms with Crippen molar-refractivity contribution in [1.29, 1.82) is 0 Å². The predicted octanol–water partition coefficient (Wildman–Crippen LogP) is 5.93. The van der Waals surface area contributed by atoms with Crippen molar-refractivity contribution in [3.63, 3.8) is 0 Å². The molecule has 2 unspecified atom stereocenters. The third kappa shape index (κ3) is 7.20. The van der Waals surface area contributed by atoms with Gasteiger partial charge in [-0.25, -0.2) is 0 Å². The maximum absolute atomic E-state index is 13.1. The third-order valence-electron chi connectivity index (χ3n) is 5.83. The van der Waals surface area contributed by atoms with Crippen LogP contribution >= 0.6 is 0 Å². The van der Waals surface area contributed by atoms with Gasteiger partial charge >= 0.3 is 12.4 Å². The van der Waals surface area contributed by atoms with E-state index in [2.05, 4.69) is 10.2 Å². The fourth-order valence-corrected chi connectivity index (χ4v) is 4.18. The summed E-state index contributed by atoms with van der Waals surface area (Å²) in [7, 11) is 0. The summed E-state index contributed by atoms with van der Waals surface area (Å²) in [5.41, 5.74) is -1.91. The van der Waals surface area contributed by atoms with Gasteiger partial charge in [0.05, 0.1) is 17.7 Å². The molecule has 34 heavy (non-hydrogen) atoms. The second-order valence-corrected chi connectivity index (χ2v) is 8.25. The SMILES string of the molecule is O=CNC(CCN1CCCCC1c1ccccc1)OCc1cc(C(F)(F)F)cc(C(F)(F)F)c1. The van der Waals surface area contributed by atoms with Gasteiger partial charge in [-0.3, -0.25) is 9.69 Å². The predicted molar refractivity (Wildman–Crippen MR) is 113 cm³/mol. The summed E-state index contributed by atoms with van der Waals surface area (Å²) in [5, 5.41) is 2.46. The molecule has 0 aromatic heterocycles. The Hall–Kier alpha value is -2.59. The number of nitrogens with zero attached hydrogens (tertiary/aromatic N) is 1. The summed E-state index contributed by atoms with van der Waals surface area (Å²) >= 11 is 0. The number of amides is 1. The van der Waals surface area contributed by atoms with Crippen LogP contribution in [0.3, 0.4) is 0 Å². The van der Waals surface area contributed by atoms with Crippen LogP contribution in [-0.4, -0.2) is 30.6 Å². The molecular formula is C24H26F6N2O2. The molecule has 0 spiro atoms. The Bertz CT molecular complexity index is 901. The number of alkyl halides is 6. The maximum atomic E-state index is 13.1. The highest BCUT2D eigenvalue weighted by molar-refractivity contribution is 5.46. The molecule has 1 N–H and O–H groups in total. The van der Waals surface area contributed by atoms with E-state index < -0.39 is 36.3 Å². The zero-order valence-corrected chi connectivity index (χ0v) is 18.3. The molecule has 1 heterocycles. The molecule has 4 nitrogen and oxygen atoms in total. The molecule has 0 radical (unpaired) electrons. The lowest BCUT2D eigenvalue weighted by Gasteiger charge is -2.36. The quantitative estimate of drug-likeness (QED) is 0.270. The standard InChI is InChI=1S/C24H26F6N2O2/c25-23(26,27)19-12-17(13-20(14-19)24(28,29)30)15-34-22(31-16-33)9-11-32-10-5-4-8-21(32)18-6-2-1-3-7-18/h1-3,6-7,12-14,16,21-22H,4-5,8-11,15H2,(H,31,33). The second-order valence-electron chi connectivity index (χ2n) is 8.25. The van der Waals surface area contributed by atoms with E-state index in [1.54, 1.807) is 0 Å². The van der Waals surface area contributed by atoms with E-state index in [-0.39, 0.29) is 17.7 Å². The Morgan fingerprint density at radius 3 is 2.24 bits per heavy atom. The van der Waals surface area contributed by atoms with Crippen molar-refractivity contribution in [2.45, 2.75) is 56.9 Å². The fourth-order valence-electron chi connectivity index (χ4n) is 4.18. The Morgan fingerprint density at radius 1 is 1.00 bits per heavy atom. The Kier molecular flexibility index (Phi) is 8.59. The van der Waals surface area contributed by atoms with Crippen molar-refractivity contribution < 1.29 is 35.9 Å². The van der Waals surface area contributed by atoms with Gasteiger partial charge < -0.3 is 10.1 Å². The molecule has 1 aliphatic heterocycles. The van der Waals surface area contributed by atoms with E-state index in [9.17, 15) is 31.1 Å². The monoisotopic (exact) mass is 488 g/mol. The summed E-state index contributed by atoms with van der Waals surface area (Å²) < 4.78 is 84.1. The summed E-state index contributed by atoms with van der Waals surface area (Å²) in [5.74, 6) is 0. The van der Waals surface area contributed by atoms with Crippen molar-refractivity contribution in [1.82, 2.24) is 10.2 Å². The first-order valence-corrected chi connectivity index (χ1v) is 11.0. The minimum Gasteiger partial charge on any atom is -0.354 e. The lowest BCUT2D eigenvalue weighted by Crippen LogP contribution is -2.39. The zero-order chi connectivity index (χ0) is 24.8. The minimum atomic E-state index is -4.93. The molecule has 1 amide bonds. The number of likely N-dealkylation sites (tertiary alicyclic amines) is 1. The second kappa shape index (κ2) is 11.2. The average molecular weight is 488 g/mol. The molecule has 2 aromatic rings. The van der Waals surface area contributed by atoms with Gasteiger partial charge in [-0.1, -0.05) is 36.8 Å². The van der Waals surface area contributed by atoms with Gasteiger partial charge in [0.2, 0.25) is 6.41 Å². The summed E-state index contributed by atoms with van der Waals surface area (Å²) in [4.78, 5) is 13.3. The van der Waals surface area contributed by atoms with Crippen LogP contribution in [0, 0.1) is 0 Å². The van der Waals surface area contributed by atoms with Gasteiger partial charge in [0.1, 0.15) is 6.23 Å². The van der Waals surface area contributed by atoms with Crippen LogP contribution in [0.2, 0.25) is 0 Å². The van der Waals surface area contributed by atoms with Crippen molar-refractivity contribution in [2.75, 3.05) is 13.1 Å². The van der Waals surface area contributed by atoms with Crippen LogP contribution in [0.25, 0.3) is 0 Å². The fraction of sp³-hybridized carbons (Fsp3) is 0.458. The summed E-state index contributed by atoms with van der Waals surface area (Å²) in [6, 6.07) is 11.5. The number of benzene rings is 2. The minimum absolute atomic E-state index is 0.0741. The van der Waals surface area contributed by atoms with Crippen LogP contribution in [0.1, 0.15) is 54.0 Å². The molecule has 0 bridgehead atoms. The summed E-state index contributed by atoms with van der Waals surface area (Å²) in [6.07, 6.45) is -6.93. The van der Waals surface area contributed by atoms with Gasteiger partial charge in [-0.2, -0.15) is 26.3 Å². The number of piperidine rings is 1. The molecule has 0 aliphatic carbocycles. The molecule has 2 aromatic carbocycles. The van der Waals surface area contributed by atoms with Crippen LogP contribution in [0.4, 0.5) is 26.3 Å². The van der Waals surface area contributed by atoms with Crippen LogP contribution in [0.5, 0.6) is 0 Å². The van der Waals surface area contributed by atoms with Gasteiger partial charge in [0, 0.05) is 19.0 Å². The van der Waals surface area contributed by atoms with E-state index in [0.29, 0.717) is 31.5 Å². The zero-order valence-electron chi connectivity index (χ0n) is 18.3. The first-order chi connectivity index (χ1) is 16.1. The molecule has 1 saturated heterocycles.